The maximum Gasteiger partial charge on any atom is 0.365 e. The lowest BCUT2D eigenvalue weighted by atomic mass is 10.2. The van der Waals surface area contributed by atoms with Crippen molar-refractivity contribution < 1.29 is 14.4 Å². The summed E-state index contributed by atoms with van der Waals surface area (Å²) in [6.45, 7) is 0. The normalized spacial score (nSPS) is 10.4. The second kappa shape index (κ2) is 5.44. The van der Waals surface area contributed by atoms with Crippen LogP contribution >= 0.6 is 0 Å². The number of fused-ring (bicyclic) bond motifs is 1. The van der Waals surface area contributed by atoms with Crippen LogP contribution in [-0.2, 0) is 0 Å². The van der Waals surface area contributed by atoms with Crippen LogP contribution in [0, 0.1) is 10.4 Å². The van der Waals surface area contributed by atoms with Crippen molar-refractivity contribution in [3.05, 3.63) is 53.5 Å². The molecule has 2 aromatic heterocycles. The number of carbonyl (C=O) groups excluding carboxylic acids is 1. The molecule has 0 spiro atoms. The molecule has 2 N–H and O–H groups in total. The van der Waals surface area contributed by atoms with Gasteiger partial charge in [-0.05, 0) is 6.07 Å². The monoisotopic (exact) mass is 299 g/mol. The minimum absolute atomic E-state index is 0.0855. The van der Waals surface area contributed by atoms with E-state index < -0.39 is 6.03 Å². The molecule has 0 aliphatic carbocycles. The zero-order valence-electron chi connectivity index (χ0n) is 11.0. The summed E-state index contributed by atoms with van der Waals surface area (Å²) in [5, 5.41) is 31.4. The molecule has 0 saturated carbocycles. The molecule has 10 nitrogen and oxygen atoms in total. The van der Waals surface area contributed by atoms with Crippen LogP contribution in [0.5, 0.6) is 0 Å². The summed E-state index contributed by atoms with van der Waals surface area (Å²) in [7, 11) is 0. The van der Waals surface area contributed by atoms with Crippen molar-refractivity contribution in [2.24, 2.45) is 0 Å². The van der Waals surface area contributed by atoms with E-state index in [1.54, 1.807) is 0 Å². The maximum atomic E-state index is 11.8. The van der Waals surface area contributed by atoms with Crippen molar-refractivity contribution in [3.63, 3.8) is 0 Å². The van der Waals surface area contributed by atoms with Gasteiger partial charge < -0.3 is 15.7 Å². The first-order valence-corrected chi connectivity index (χ1v) is 6.09. The fourth-order valence-electron chi connectivity index (χ4n) is 1.80. The molecular weight excluding hydrogens is 290 g/mol. The molecule has 2 heterocycles. The summed E-state index contributed by atoms with van der Waals surface area (Å²) in [6.07, 6.45) is 5.15. The van der Waals surface area contributed by atoms with Crippen LogP contribution in [0.1, 0.15) is 0 Å². The fourth-order valence-corrected chi connectivity index (χ4v) is 1.80. The van der Waals surface area contributed by atoms with E-state index >= 15 is 0 Å². The first-order valence-electron chi connectivity index (χ1n) is 6.09. The zero-order chi connectivity index (χ0) is 15.5. The van der Waals surface area contributed by atoms with Crippen LogP contribution in [0.15, 0.2) is 43.1 Å². The number of rotatable bonds is 2. The minimum Gasteiger partial charge on any atom is -0.710 e. The Morgan fingerprint density at radius 2 is 2.00 bits per heavy atom. The zero-order valence-corrected chi connectivity index (χ0v) is 11.0. The predicted molar refractivity (Wildman–Crippen MR) is 74.3 cm³/mol. The molecule has 0 aliphatic rings. The number of aromatic nitrogens is 5. The number of amides is 2. The number of nitrogens with zero attached hydrogens (tertiary/aromatic N) is 5. The van der Waals surface area contributed by atoms with Crippen LogP contribution in [0.3, 0.4) is 0 Å². The van der Waals surface area contributed by atoms with Gasteiger partial charge in [-0.2, -0.15) is 0 Å². The third-order valence-electron chi connectivity index (χ3n) is 2.74. The molecule has 0 unspecified atom stereocenters. The van der Waals surface area contributed by atoms with Crippen LogP contribution in [0.25, 0.3) is 11.0 Å². The Morgan fingerprint density at radius 3 is 2.77 bits per heavy atom. The summed E-state index contributed by atoms with van der Waals surface area (Å²) in [5.41, 5.74) is 0.518. The van der Waals surface area contributed by atoms with E-state index in [0.29, 0.717) is 15.3 Å². The van der Waals surface area contributed by atoms with E-state index in [2.05, 4.69) is 25.7 Å². The van der Waals surface area contributed by atoms with Crippen LogP contribution in [-0.4, -0.2) is 21.1 Å². The number of benzene rings is 1. The summed E-state index contributed by atoms with van der Waals surface area (Å²) >= 11 is 0. The van der Waals surface area contributed by atoms with Crippen LogP contribution < -0.4 is 20.2 Å². The Labute approximate surface area is 123 Å². The van der Waals surface area contributed by atoms with Gasteiger partial charge in [-0.3, -0.25) is 10.3 Å². The largest absolute Gasteiger partial charge is 0.710 e. The number of hydrogen-bond donors (Lipinski definition) is 2. The molecule has 1 aromatic carbocycles. The van der Waals surface area contributed by atoms with E-state index in [1.165, 1.54) is 36.8 Å². The second-order valence-electron chi connectivity index (χ2n) is 4.20. The third-order valence-corrected chi connectivity index (χ3v) is 2.74. The Kier molecular flexibility index (Phi) is 3.32. The predicted octanol–water partition coefficient (Wildman–Crippen LogP) is -0.0644. The average Bonchev–Trinajstić information content (AvgIpc) is 2.52. The SMILES string of the molecule is O=C(Nc1ccc2c(c1)[n+]([O-])cn[n+]2[O-])Nc1cnccn1. The molecule has 110 valence electrons. The number of anilines is 2. The van der Waals surface area contributed by atoms with Crippen molar-refractivity contribution in [3.8, 4) is 0 Å². The van der Waals surface area contributed by atoms with Crippen molar-refractivity contribution in [1.82, 2.24) is 15.1 Å². The number of nitrogens with one attached hydrogen (secondary N) is 2. The summed E-state index contributed by atoms with van der Waals surface area (Å²) < 4.78 is 0.440. The number of urea groups is 1. The molecule has 3 aromatic rings. The van der Waals surface area contributed by atoms with E-state index in [4.69, 9.17) is 0 Å². The molecule has 0 fully saturated rings. The van der Waals surface area contributed by atoms with Gasteiger partial charge in [-0.15, -0.1) is 0 Å². The van der Waals surface area contributed by atoms with Gasteiger partial charge in [0.2, 0.25) is 10.6 Å². The molecule has 3 rings (SSSR count). The van der Waals surface area contributed by atoms with Gasteiger partial charge >= 0.3 is 17.9 Å². The average molecular weight is 299 g/mol. The van der Waals surface area contributed by atoms with E-state index in [9.17, 15) is 15.2 Å². The lowest BCUT2D eigenvalue weighted by Crippen LogP contribution is -2.40. The molecule has 2 amide bonds. The Hall–Kier alpha value is -3.56. The molecule has 0 radical (unpaired) electrons. The molecule has 10 heteroatoms. The summed E-state index contributed by atoms with van der Waals surface area (Å²) in [6, 6.07) is 3.69. The fraction of sp³-hybridized carbons (Fsp3) is 0. The van der Waals surface area contributed by atoms with Gasteiger partial charge in [0.15, 0.2) is 5.82 Å². The summed E-state index contributed by atoms with van der Waals surface area (Å²) in [4.78, 5) is 19.8. The highest BCUT2D eigenvalue weighted by molar-refractivity contribution is 5.99. The molecule has 22 heavy (non-hydrogen) atoms. The molecule has 0 saturated heterocycles. The molecule has 0 aliphatic heterocycles. The van der Waals surface area contributed by atoms with Crippen molar-refractivity contribution in [2.75, 3.05) is 10.6 Å². The number of hydrogen-bond acceptors (Lipinski definition) is 6. The molecule has 0 bridgehead atoms. The smallest absolute Gasteiger partial charge is 0.365 e. The standard InChI is InChI=1S/C12H9N7O3/c20-12(17-11-6-13-3-4-14-11)16-8-1-2-9-10(5-8)18(21)7-15-19(9)22/h1-7H,(H2,14,16,17,20). The Morgan fingerprint density at radius 1 is 1.14 bits per heavy atom. The maximum absolute atomic E-state index is 11.8. The third kappa shape index (κ3) is 2.65. The minimum atomic E-state index is -0.554. The van der Waals surface area contributed by atoms with Crippen molar-refractivity contribution in [2.45, 2.75) is 0 Å². The Balaban J connectivity index is 1.82. The van der Waals surface area contributed by atoms with Gasteiger partial charge in [0, 0.05) is 30.2 Å². The number of carbonyl (C=O) groups is 1. The lowest BCUT2D eigenvalue weighted by molar-refractivity contribution is -0.680. The van der Waals surface area contributed by atoms with Gasteiger partial charge in [-0.1, -0.05) is 0 Å². The quantitative estimate of drug-likeness (QED) is 0.502. The van der Waals surface area contributed by atoms with Crippen molar-refractivity contribution >= 4 is 28.6 Å². The van der Waals surface area contributed by atoms with E-state index in [1.807, 2.05) is 0 Å². The first kappa shape index (κ1) is 13.4. The van der Waals surface area contributed by atoms with Gasteiger partial charge in [0.1, 0.15) is 0 Å². The topological polar surface area (TPSA) is 134 Å². The van der Waals surface area contributed by atoms with Gasteiger partial charge in [0.25, 0.3) is 0 Å². The molecule has 0 atom stereocenters. The Bertz CT molecular complexity index is 841. The molecular formula is C12H9N7O3. The van der Waals surface area contributed by atoms with Gasteiger partial charge in [-0.25, -0.2) is 14.5 Å². The van der Waals surface area contributed by atoms with E-state index in [0.717, 1.165) is 6.33 Å². The second-order valence-corrected chi connectivity index (χ2v) is 4.20. The lowest BCUT2D eigenvalue weighted by Gasteiger charge is -2.07. The van der Waals surface area contributed by atoms with Crippen LogP contribution in [0.2, 0.25) is 0 Å². The highest BCUT2D eigenvalue weighted by Gasteiger charge is 2.14. The van der Waals surface area contributed by atoms with Crippen molar-refractivity contribution in [1.29, 1.82) is 0 Å². The summed E-state index contributed by atoms with van der Waals surface area (Å²) in [5.74, 6) is 0.279. The highest BCUT2D eigenvalue weighted by atomic mass is 16.5. The van der Waals surface area contributed by atoms with Crippen LogP contribution in [0.4, 0.5) is 16.3 Å². The first-order chi connectivity index (χ1) is 10.6. The highest BCUT2D eigenvalue weighted by Crippen LogP contribution is 2.13. The van der Waals surface area contributed by atoms with Gasteiger partial charge in [0.05, 0.1) is 11.0 Å². The van der Waals surface area contributed by atoms with E-state index in [-0.39, 0.29) is 16.9 Å².